The quantitative estimate of drug-likeness (QED) is 0.288. The Morgan fingerprint density at radius 3 is 1.79 bits per heavy atom. The number of nitrogens with zero attached hydrogens (tertiary/aromatic N) is 4. The van der Waals surface area contributed by atoms with E-state index >= 15 is 0 Å². The minimum absolute atomic E-state index is 0.0470. The number of hydrogen-bond donors (Lipinski definition) is 1. The molecule has 0 spiro atoms. The van der Waals surface area contributed by atoms with Crippen molar-refractivity contribution in [3.05, 3.63) is 78.3 Å². The Kier molecular flexibility index (Phi) is 7.80. The third kappa shape index (κ3) is 5.86. The van der Waals surface area contributed by atoms with Gasteiger partial charge in [-0.15, -0.1) is 0 Å². The highest BCUT2D eigenvalue weighted by Crippen LogP contribution is 2.36. The number of benzene rings is 2. The van der Waals surface area contributed by atoms with Crippen LogP contribution >= 0.6 is 0 Å². The summed E-state index contributed by atoms with van der Waals surface area (Å²) in [6.07, 6.45) is 2.81. The van der Waals surface area contributed by atoms with Crippen molar-refractivity contribution in [2.24, 2.45) is 0 Å². The monoisotopic (exact) mass is 524 g/mol. The Labute approximate surface area is 215 Å². The first-order chi connectivity index (χ1) is 18.3. The molecule has 5 rings (SSSR count). The largest absolute Gasteiger partial charge is 0.507 e. The lowest BCUT2D eigenvalue weighted by atomic mass is 10.1. The van der Waals surface area contributed by atoms with E-state index in [1.165, 1.54) is 63.0 Å². The van der Waals surface area contributed by atoms with Crippen LogP contribution in [0.2, 0.25) is 0 Å². The van der Waals surface area contributed by atoms with Gasteiger partial charge in [-0.3, -0.25) is 0 Å². The van der Waals surface area contributed by atoms with Gasteiger partial charge in [-0.25, -0.2) is 18.7 Å². The highest BCUT2D eigenvalue weighted by molar-refractivity contribution is 5.66. The molecule has 12 heteroatoms. The van der Waals surface area contributed by atoms with Crippen molar-refractivity contribution < 1.29 is 36.9 Å². The number of hydrogen-bond acceptors (Lipinski definition) is 10. The molecule has 0 aliphatic rings. The maximum absolute atomic E-state index is 14.3. The summed E-state index contributed by atoms with van der Waals surface area (Å²) in [4.78, 5) is 15.9. The summed E-state index contributed by atoms with van der Waals surface area (Å²) in [6.45, 7) is 3.32. The molecule has 0 fully saturated rings. The molecule has 0 saturated heterocycles. The Morgan fingerprint density at radius 1 is 0.763 bits per heavy atom. The predicted molar refractivity (Wildman–Crippen MR) is 130 cm³/mol. The molecule has 0 atom stereocenters. The van der Waals surface area contributed by atoms with Crippen molar-refractivity contribution in [2.75, 3.05) is 14.2 Å². The Morgan fingerprint density at radius 2 is 1.29 bits per heavy atom. The third-order valence-corrected chi connectivity index (χ3v) is 4.98. The molecule has 10 nitrogen and oxygen atoms in total. The first kappa shape index (κ1) is 26.1. The van der Waals surface area contributed by atoms with Gasteiger partial charge in [0.05, 0.1) is 43.8 Å². The minimum Gasteiger partial charge on any atom is -0.507 e. The molecule has 3 aromatic heterocycles. The SMILES string of the molecule is COc1cc(OC)nc(Oc2cccc(F)c2-c2cnc(C)o2)n1.Cc1ncc(-c2c(O)cccc2F)o1. The summed E-state index contributed by atoms with van der Waals surface area (Å²) in [5, 5.41) is 9.43. The predicted octanol–water partition coefficient (Wildman–Crippen LogP) is 5.88. The zero-order valence-electron chi connectivity index (χ0n) is 20.7. The van der Waals surface area contributed by atoms with E-state index in [0.29, 0.717) is 11.8 Å². The second-order valence-electron chi connectivity index (χ2n) is 7.57. The van der Waals surface area contributed by atoms with Crippen LogP contribution in [0.5, 0.6) is 29.3 Å². The third-order valence-electron chi connectivity index (χ3n) is 4.98. The smallest absolute Gasteiger partial charge is 0.328 e. The van der Waals surface area contributed by atoms with Crippen molar-refractivity contribution in [1.29, 1.82) is 0 Å². The van der Waals surface area contributed by atoms with Gasteiger partial charge in [-0.2, -0.15) is 9.97 Å². The van der Waals surface area contributed by atoms with Crippen LogP contribution < -0.4 is 14.2 Å². The summed E-state index contributed by atoms with van der Waals surface area (Å²) in [5.41, 5.74) is 0.177. The summed E-state index contributed by atoms with van der Waals surface area (Å²) in [6, 6.07) is 9.92. The fourth-order valence-corrected chi connectivity index (χ4v) is 3.28. The van der Waals surface area contributed by atoms with E-state index in [9.17, 15) is 13.9 Å². The average Bonchev–Trinajstić information content (AvgIpc) is 3.52. The number of aromatic hydroxyl groups is 1. The number of ether oxygens (including phenoxy) is 3. The maximum Gasteiger partial charge on any atom is 0.328 e. The van der Waals surface area contributed by atoms with Crippen LogP contribution in [0.25, 0.3) is 22.6 Å². The van der Waals surface area contributed by atoms with Crippen LogP contribution in [-0.4, -0.2) is 39.3 Å². The van der Waals surface area contributed by atoms with Gasteiger partial charge in [0.15, 0.2) is 23.3 Å². The highest BCUT2D eigenvalue weighted by atomic mass is 19.1. The van der Waals surface area contributed by atoms with Crippen LogP contribution in [0.1, 0.15) is 11.8 Å². The number of aryl methyl sites for hydroxylation is 2. The molecule has 5 aromatic rings. The van der Waals surface area contributed by atoms with Crippen molar-refractivity contribution >= 4 is 0 Å². The van der Waals surface area contributed by atoms with E-state index in [1.54, 1.807) is 19.9 Å². The zero-order chi connectivity index (χ0) is 27.2. The molecule has 3 heterocycles. The summed E-state index contributed by atoms with van der Waals surface area (Å²) < 4.78 is 53.9. The number of halogens is 2. The van der Waals surface area contributed by atoms with Crippen LogP contribution in [0.15, 0.2) is 63.7 Å². The Hall–Kier alpha value is -5.00. The summed E-state index contributed by atoms with van der Waals surface area (Å²) >= 11 is 0. The lowest BCUT2D eigenvalue weighted by molar-refractivity contribution is 0.347. The molecule has 0 saturated carbocycles. The van der Waals surface area contributed by atoms with Gasteiger partial charge in [-0.1, -0.05) is 12.1 Å². The molecule has 0 bridgehead atoms. The fraction of sp³-hybridized carbons (Fsp3) is 0.154. The molecule has 2 aromatic carbocycles. The van der Waals surface area contributed by atoms with Crippen molar-refractivity contribution in [3.63, 3.8) is 0 Å². The van der Waals surface area contributed by atoms with E-state index in [4.69, 9.17) is 23.0 Å². The van der Waals surface area contributed by atoms with E-state index < -0.39 is 11.6 Å². The van der Waals surface area contributed by atoms with Gasteiger partial charge in [0.1, 0.15) is 23.1 Å². The van der Waals surface area contributed by atoms with Crippen LogP contribution in [0.3, 0.4) is 0 Å². The number of methoxy groups -OCH3 is 2. The van der Waals surface area contributed by atoms with Crippen LogP contribution in [0, 0.1) is 25.5 Å². The molecular formula is C26H22F2N4O6. The number of aromatic nitrogens is 4. The molecule has 0 radical (unpaired) electrons. The Balaban J connectivity index is 0.000000204. The van der Waals surface area contributed by atoms with Crippen molar-refractivity contribution in [3.8, 4) is 51.9 Å². The van der Waals surface area contributed by atoms with Crippen molar-refractivity contribution in [1.82, 2.24) is 19.9 Å². The molecular weight excluding hydrogens is 502 g/mol. The van der Waals surface area contributed by atoms with Crippen LogP contribution in [-0.2, 0) is 0 Å². The molecule has 0 unspecified atom stereocenters. The summed E-state index contributed by atoms with van der Waals surface area (Å²) in [5.74, 6) is 0.826. The lowest BCUT2D eigenvalue weighted by Gasteiger charge is -2.10. The van der Waals surface area contributed by atoms with E-state index in [0.717, 1.165) is 0 Å². The van der Waals surface area contributed by atoms with E-state index in [-0.39, 0.29) is 51.9 Å². The second kappa shape index (κ2) is 11.4. The van der Waals surface area contributed by atoms with Gasteiger partial charge in [0, 0.05) is 13.8 Å². The average molecular weight is 524 g/mol. The van der Waals surface area contributed by atoms with Gasteiger partial charge >= 0.3 is 6.01 Å². The first-order valence-electron chi connectivity index (χ1n) is 11.1. The molecule has 38 heavy (non-hydrogen) atoms. The maximum atomic E-state index is 14.3. The molecule has 0 aliphatic heterocycles. The topological polar surface area (TPSA) is 126 Å². The van der Waals surface area contributed by atoms with Gasteiger partial charge < -0.3 is 28.2 Å². The Bertz CT molecular complexity index is 1510. The normalized spacial score (nSPS) is 10.5. The van der Waals surface area contributed by atoms with E-state index in [1.807, 2.05) is 0 Å². The standard InChI is InChI=1S/C16H14FN3O4.C10H8FNO2/c1-9-18-8-12(23-9)15-10(17)5-4-6-11(15)24-16-19-13(21-2)7-14(20-16)22-3;1-6-12-5-9(14-6)10-7(11)3-2-4-8(10)13/h4-8H,1-3H3;2-5,13H,1H3. The fourth-order valence-electron chi connectivity index (χ4n) is 3.28. The summed E-state index contributed by atoms with van der Waals surface area (Å²) in [7, 11) is 2.91. The van der Waals surface area contributed by atoms with Gasteiger partial charge in [-0.05, 0) is 24.3 Å². The first-order valence-corrected chi connectivity index (χ1v) is 11.1. The number of rotatable bonds is 6. The van der Waals surface area contributed by atoms with Crippen molar-refractivity contribution in [2.45, 2.75) is 13.8 Å². The van der Waals surface area contributed by atoms with Gasteiger partial charge in [0.25, 0.3) is 0 Å². The molecule has 0 aliphatic carbocycles. The highest BCUT2D eigenvalue weighted by Gasteiger charge is 2.18. The number of oxazole rings is 2. The zero-order valence-corrected chi connectivity index (χ0v) is 20.7. The molecule has 0 amide bonds. The second-order valence-corrected chi connectivity index (χ2v) is 7.57. The molecule has 196 valence electrons. The molecule has 1 N–H and O–H groups in total. The van der Waals surface area contributed by atoms with E-state index in [2.05, 4.69) is 19.9 Å². The lowest BCUT2D eigenvalue weighted by Crippen LogP contribution is -1.99. The number of phenolic OH excluding ortho intramolecular Hbond substituents is 1. The number of phenols is 1. The minimum atomic E-state index is -0.527. The van der Waals surface area contributed by atoms with Gasteiger partial charge in [0.2, 0.25) is 11.8 Å². The van der Waals surface area contributed by atoms with Crippen LogP contribution in [0.4, 0.5) is 8.78 Å².